The van der Waals surface area contributed by atoms with E-state index < -0.39 is 6.04 Å². The second-order valence-corrected chi connectivity index (χ2v) is 6.24. The second-order valence-electron chi connectivity index (χ2n) is 6.24. The Kier molecular flexibility index (Phi) is 6.99. The quantitative estimate of drug-likeness (QED) is 0.657. The summed E-state index contributed by atoms with van der Waals surface area (Å²) in [5, 5.41) is 15.0. The monoisotopic (exact) mass is 284 g/mol. The number of carbonyl (C=O) groups is 2. The number of hydrogen-bond acceptors (Lipinski definition) is 3. The van der Waals surface area contributed by atoms with Crippen LogP contribution in [0.15, 0.2) is 0 Å². The Labute approximate surface area is 121 Å². The average Bonchev–Trinajstić information content (AvgIpc) is 2.87. The van der Waals surface area contributed by atoms with Crippen LogP contribution in [0.1, 0.15) is 52.9 Å². The van der Waals surface area contributed by atoms with E-state index >= 15 is 0 Å². The molecule has 0 spiro atoms. The molecule has 1 rings (SSSR count). The minimum atomic E-state index is -0.462. The van der Waals surface area contributed by atoms with Crippen molar-refractivity contribution < 1.29 is 14.7 Å². The highest BCUT2D eigenvalue weighted by molar-refractivity contribution is 5.87. The van der Waals surface area contributed by atoms with Gasteiger partial charge in [-0.2, -0.15) is 0 Å². The fraction of sp³-hybridized carbons (Fsp3) is 0.867. The Balaban J connectivity index is 2.63. The number of carbonyl (C=O) groups excluding carboxylic acids is 2. The topological polar surface area (TPSA) is 78.4 Å². The highest BCUT2D eigenvalue weighted by Crippen LogP contribution is 2.28. The van der Waals surface area contributed by atoms with Crippen molar-refractivity contribution in [1.82, 2.24) is 10.6 Å². The summed E-state index contributed by atoms with van der Waals surface area (Å²) in [4.78, 5) is 23.7. The molecule has 5 heteroatoms. The molecule has 5 nitrogen and oxygen atoms in total. The summed E-state index contributed by atoms with van der Waals surface area (Å²) in [5.41, 5.74) is 0. The number of nitrogens with one attached hydrogen (secondary N) is 2. The summed E-state index contributed by atoms with van der Waals surface area (Å²) in [5.74, 6) is 0.281. The molecule has 0 aliphatic heterocycles. The van der Waals surface area contributed by atoms with E-state index in [2.05, 4.69) is 24.5 Å². The summed E-state index contributed by atoms with van der Waals surface area (Å²) < 4.78 is 0. The Morgan fingerprint density at radius 1 is 1.20 bits per heavy atom. The van der Waals surface area contributed by atoms with Crippen molar-refractivity contribution in [3.63, 3.8) is 0 Å². The van der Waals surface area contributed by atoms with E-state index in [9.17, 15) is 14.7 Å². The van der Waals surface area contributed by atoms with E-state index in [4.69, 9.17) is 0 Å². The molecule has 0 heterocycles. The third-order valence-electron chi connectivity index (χ3n) is 3.84. The van der Waals surface area contributed by atoms with Crippen LogP contribution in [-0.2, 0) is 9.59 Å². The lowest BCUT2D eigenvalue weighted by Gasteiger charge is -2.26. The van der Waals surface area contributed by atoms with Crippen molar-refractivity contribution in [2.45, 2.75) is 65.0 Å². The first-order chi connectivity index (χ1) is 9.43. The van der Waals surface area contributed by atoms with Crippen LogP contribution < -0.4 is 10.6 Å². The van der Waals surface area contributed by atoms with E-state index in [0.29, 0.717) is 5.92 Å². The zero-order valence-corrected chi connectivity index (χ0v) is 12.8. The van der Waals surface area contributed by atoms with Crippen LogP contribution in [0.2, 0.25) is 0 Å². The molecular formula is C15H28N2O3. The standard InChI is InChI=1S/C15H28N2O3/c1-10(2)8-13(9-18)17-15(20)14(16-11(3)19)12-6-4-5-7-12/h10,12-14,18H,4-9H2,1-3H3,(H,16,19)(H,17,20). The predicted octanol–water partition coefficient (Wildman–Crippen LogP) is 1.20. The summed E-state index contributed by atoms with van der Waals surface area (Å²) >= 11 is 0. The van der Waals surface area contributed by atoms with Crippen molar-refractivity contribution >= 4 is 11.8 Å². The van der Waals surface area contributed by atoms with E-state index in [1.54, 1.807) is 0 Å². The number of amides is 2. The molecule has 3 N–H and O–H groups in total. The molecular weight excluding hydrogens is 256 g/mol. The molecule has 0 bridgehead atoms. The van der Waals surface area contributed by atoms with E-state index in [1.807, 2.05) is 0 Å². The molecule has 1 fully saturated rings. The van der Waals surface area contributed by atoms with Gasteiger partial charge < -0.3 is 15.7 Å². The second kappa shape index (κ2) is 8.25. The van der Waals surface area contributed by atoms with Gasteiger partial charge in [0.25, 0.3) is 0 Å². The number of rotatable bonds is 7. The van der Waals surface area contributed by atoms with Crippen LogP contribution in [0.4, 0.5) is 0 Å². The molecule has 1 aliphatic carbocycles. The molecule has 0 aromatic heterocycles. The maximum Gasteiger partial charge on any atom is 0.243 e. The normalized spacial score (nSPS) is 18.9. The van der Waals surface area contributed by atoms with E-state index in [0.717, 1.165) is 32.1 Å². The van der Waals surface area contributed by atoms with Crippen LogP contribution in [0.5, 0.6) is 0 Å². The zero-order chi connectivity index (χ0) is 15.1. The first kappa shape index (κ1) is 17.0. The molecule has 2 atom stereocenters. The molecule has 2 amide bonds. The molecule has 1 aliphatic rings. The minimum absolute atomic E-state index is 0.0681. The number of hydrogen-bond donors (Lipinski definition) is 3. The third kappa shape index (κ3) is 5.49. The van der Waals surface area contributed by atoms with Crippen LogP contribution in [0.3, 0.4) is 0 Å². The van der Waals surface area contributed by atoms with Gasteiger partial charge in [0.2, 0.25) is 11.8 Å². The molecule has 116 valence electrons. The molecule has 0 aromatic carbocycles. The SMILES string of the molecule is CC(=O)NC(C(=O)NC(CO)CC(C)C)C1CCCC1. The maximum absolute atomic E-state index is 12.4. The van der Waals surface area contributed by atoms with E-state index in [-0.39, 0.29) is 30.4 Å². The largest absolute Gasteiger partial charge is 0.394 e. The predicted molar refractivity (Wildman–Crippen MR) is 78.0 cm³/mol. The lowest BCUT2D eigenvalue weighted by Crippen LogP contribution is -2.53. The van der Waals surface area contributed by atoms with Crippen molar-refractivity contribution in [2.24, 2.45) is 11.8 Å². The Morgan fingerprint density at radius 2 is 1.80 bits per heavy atom. The van der Waals surface area contributed by atoms with Gasteiger partial charge in [0, 0.05) is 6.92 Å². The van der Waals surface area contributed by atoms with Gasteiger partial charge in [0.15, 0.2) is 0 Å². The van der Waals surface area contributed by atoms with Crippen LogP contribution in [0, 0.1) is 11.8 Å². The van der Waals surface area contributed by atoms with Gasteiger partial charge in [0.05, 0.1) is 12.6 Å². The van der Waals surface area contributed by atoms with Crippen molar-refractivity contribution in [2.75, 3.05) is 6.61 Å². The highest BCUT2D eigenvalue weighted by atomic mass is 16.3. The molecule has 1 saturated carbocycles. The van der Waals surface area contributed by atoms with Gasteiger partial charge in [0.1, 0.15) is 6.04 Å². The lowest BCUT2D eigenvalue weighted by molar-refractivity contribution is -0.130. The van der Waals surface area contributed by atoms with Gasteiger partial charge >= 0.3 is 0 Å². The fourth-order valence-corrected chi connectivity index (χ4v) is 2.95. The van der Waals surface area contributed by atoms with Gasteiger partial charge in [-0.1, -0.05) is 26.7 Å². The van der Waals surface area contributed by atoms with Crippen LogP contribution in [-0.4, -0.2) is 35.6 Å². The van der Waals surface area contributed by atoms with E-state index in [1.165, 1.54) is 6.92 Å². The van der Waals surface area contributed by atoms with Gasteiger partial charge in [-0.3, -0.25) is 9.59 Å². The molecule has 2 unspecified atom stereocenters. The third-order valence-corrected chi connectivity index (χ3v) is 3.84. The lowest BCUT2D eigenvalue weighted by atomic mass is 9.96. The molecule has 20 heavy (non-hydrogen) atoms. The summed E-state index contributed by atoms with van der Waals surface area (Å²) in [6.45, 7) is 5.47. The average molecular weight is 284 g/mol. The first-order valence-corrected chi connectivity index (χ1v) is 7.62. The Bertz CT molecular complexity index is 325. The molecule has 0 radical (unpaired) electrons. The van der Waals surface area contributed by atoms with Crippen LogP contribution >= 0.6 is 0 Å². The Hall–Kier alpha value is -1.10. The van der Waals surface area contributed by atoms with Gasteiger partial charge in [-0.15, -0.1) is 0 Å². The summed E-state index contributed by atoms with van der Waals surface area (Å²) in [7, 11) is 0. The van der Waals surface area contributed by atoms with Gasteiger partial charge in [-0.25, -0.2) is 0 Å². The summed E-state index contributed by atoms with van der Waals surface area (Å²) in [6, 6.07) is -0.698. The minimum Gasteiger partial charge on any atom is -0.394 e. The number of aliphatic hydroxyl groups excluding tert-OH is 1. The summed E-state index contributed by atoms with van der Waals surface area (Å²) in [6.07, 6.45) is 4.92. The van der Waals surface area contributed by atoms with Crippen molar-refractivity contribution in [3.8, 4) is 0 Å². The van der Waals surface area contributed by atoms with Gasteiger partial charge in [-0.05, 0) is 31.1 Å². The number of aliphatic hydroxyl groups is 1. The smallest absolute Gasteiger partial charge is 0.243 e. The van der Waals surface area contributed by atoms with Crippen molar-refractivity contribution in [1.29, 1.82) is 0 Å². The Morgan fingerprint density at radius 3 is 2.25 bits per heavy atom. The van der Waals surface area contributed by atoms with Crippen molar-refractivity contribution in [3.05, 3.63) is 0 Å². The fourth-order valence-electron chi connectivity index (χ4n) is 2.95. The molecule has 0 saturated heterocycles. The zero-order valence-electron chi connectivity index (χ0n) is 12.8. The first-order valence-electron chi connectivity index (χ1n) is 7.62. The van der Waals surface area contributed by atoms with Crippen LogP contribution in [0.25, 0.3) is 0 Å². The maximum atomic E-state index is 12.4. The highest BCUT2D eigenvalue weighted by Gasteiger charge is 2.32. The molecule has 0 aromatic rings.